The van der Waals surface area contributed by atoms with Gasteiger partial charge in [-0.15, -0.1) is 0 Å². The number of carbonyl (C=O) groups excluding carboxylic acids is 1. The van der Waals surface area contributed by atoms with E-state index in [1.165, 1.54) is 0 Å². The van der Waals surface area contributed by atoms with Crippen LogP contribution < -0.4 is 11.5 Å². The molecule has 0 aliphatic carbocycles. The Morgan fingerprint density at radius 3 is 2.50 bits per heavy atom. The molecule has 20 heavy (non-hydrogen) atoms. The molecule has 2 aromatic rings. The lowest BCUT2D eigenvalue weighted by atomic mass is 10.0. The minimum absolute atomic E-state index is 0.0139. The topological polar surface area (TPSA) is 107 Å². The van der Waals surface area contributed by atoms with E-state index in [-0.39, 0.29) is 5.92 Å². The van der Waals surface area contributed by atoms with Crippen molar-refractivity contribution in [3.8, 4) is 0 Å². The van der Waals surface area contributed by atoms with Crippen molar-refractivity contribution in [3.05, 3.63) is 24.0 Å². The number of aliphatic hydroxyl groups excluding tert-OH is 1. The molecule has 6 heteroatoms. The number of carbonyl (C=O) groups is 1. The van der Waals surface area contributed by atoms with Crippen LogP contribution in [0, 0.1) is 5.92 Å². The Balaban J connectivity index is 2.77. The highest BCUT2D eigenvalue weighted by Gasteiger charge is 2.28. The number of primary amides is 1. The van der Waals surface area contributed by atoms with Crippen LogP contribution in [-0.4, -0.2) is 20.6 Å². The summed E-state index contributed by atoms with van der Waals surface area (Å²) >= 11 is 0. The van der Waals surface area contributed by atoms with Crippen molar-refractivity contribution in [1.29, 1.82) is 0 Å². The number of hydrogen-bond acceptors (Lipinski definition) is 4. The van der Waals surface area contributed by atoms with E-state index in [0.29, 0.717) is 17.0 Å². The lowest BCUT2D eigenvalue weighted by molar-refractivity contribution is -0.122. The Hall–Kier alpha value is -2.08. The molecule has 0 spiro atoms. The fourth-order valence-electron chi connectivity index (χ4n) is 2.48. The molecule has 6 nitrogen and oxygen atoms in total. The largest absolute Gasteiger partial charge is 0.399 e. The van der Waals surface area contributed by atoms with E-state index >= 15 is 0 Å². The van der Waals surface area contributed by atoms with E-state index in [1.807, 2.05) is 13.8 Å². The van der Waals surface area contributed by atoms with Gasteiger partial charge in [0.05, 0.1) is 11.0 Å². The quantitative estimate of drug-likeness (QED) is 0.733. The molecule has 1 heterocycles. The number of aliphatic hydroxyl groups is 1. The van der Waals surface area contributed by atoms with Gasteiger partial charge in [-0.1, -0.05) is 13.8 Å². The molecule has 2 rings (SSSR count). The van der Waals surface area contributed by atoms with Gasteiger partial charge in [0.25, 0.3) is 0 Å². The van der Waals surface area contributed by atoms with E-state index in [0.717, 1.165) is 5.52 Å². The number of nitrogens with zero attached hydrogens (tertiary/aromatic N) is 2. The molecule has 2 atom stereocenters. The molecule has 0 saturated carbocycles. The van der Waals surface area contributed by atoms with Crippen LogP contribution in [0.25, 0.3) is 11.0 Å². The minimum Gasteiger partial charge on any atom is -0.399 e. The SMILES string of the molecule is CC(O)c1nc2cc(N)ccc2n1C(C(N)=O)C(C)C. The summed E-state index contributed by atoms with van der Waals surface area (Å²) in [4.78, 5) is 16.2. The number of fused-ring (bicyclic) bond motifs is 1. The van der Waals surface area contributed by atoms with Gasteiger partial charge in [0.2, 0.25) is 5.91 Å². The van der Waals surface area contributed by atoms with Crippen molar-refractivity contribution in [1.82, 2.24) is 9.55 Å². The third-order valence-electron chi connectivity index (χ3n) is 3.32. The fraction of sp³-hybridized carbons (Fsp3) is 0.429. The van der Waals surface area contributed by atoms with Crippen LogP contribution in [-0.2, 0) is 4.79 Å². The standard InChI is InChI=1S/C14H20N4O2/c1-7(2)12(13(16)20)18-11-5-4-9(15)6-10(11)17-14(18)8(3)19/h4-8,12,19H,15H2,1-3H3,(H2,16,20). The minimum atomic E-state index is -0.802. The molecule has 1 aromatic heterocycles. The zero-order valence-corrected chi connectivity index (χ0v) is 11.9. The van der Waals surface area contributed by atoms with Crippen LogP contribution >= 0.6 is 0 Å². The predicted octanol–water partition coefficient (Wildman–Crippen LogP) is 1.35. The molecule has 1 aromatic carbocycles. The maximum absolute atomic E-state index is 11.8. The average molecular weight is 276 g/mol. The third kappa shape index (κ3) is 2.34. The van der Waals surface area contributed by atoms with E-state index in [4.69, 9.17) is 11.5 Å². The van der Waals surface area contributed by atoms with E-state index in [1.54, 1.807) is 29.7 Å². The molecule has 0 bridgehead atoms. The number of anilines is 1. The molecule has 1 amide bonds. The van der Waals surface area contributed by atoms with Crippen LogP contribution in [0.4, 0.5) is 5.69 Å². The molecule has 0 radical (unpaired) electrons. The van der Waals surface area contributed by atoms with Crippen molar-refractivity contribution >= 4 is 22.6 Å². The van der Waals surface area contributed by atoms with Gasteiger partial charge < -0.3 is 21.1 Å². The molecule has 0 saturated heterocycles. The molecule has 0 fully saturated rings. The van der Waals surface area contributed by atoms with Crippen LogP contribution in [0.1, 0.15) is 38.7 Å². The van der Waals surface area contributed by atoms with E-state index in [2.05, 4.69) is 4.98 Å². The van der Waals surface area contributed by atoms with Crippen molar-refractivity contribution in [2.45, 2.75) is 32.9 Å². The highest BCUT2D eigenvalue weighted by molar-refractivity contribution is 5.85. The van der Waals surface area contributed by atoms with Crippen molar-refractivity contribution in [3.63, 3.8) is 0 Å². The number of rotatable bonds is 4. The second-order valence-electron chi connectivity index (χ2n) is 5.36. The summed E-state index contributed by atoms with van der Waals surface area (Å²) in [5, 5.41) is 9.92. The van der Waals surface area contributed by atoms with Gasteiger partial charge >= 0.3 is 0 Å². The Kier molecular flexibility index (Phi) is 3.67. The monoisotopic (exact) mass is 276 g/mol. The number of nitrogen functional groups attached to an aromatic ring is 1. The number of imidazole rings is 1. The summed E-state index contributed by atoms with van der Waals surface area (Å²) in [6.45, 7) is 5.42. The van der Waals surface area contributed by atoms with Gasteiger partial charge in [0.15, 0.2) is 0 Å². The first-order chi connectivity index (χ1) is 9.32. The second-order valence-corrected chi connectivity index (χ2v) is 5.36. The lowest BCUT2D eigenvalue weighted by Gasteiger charge is -2.23. The van der Waals surface area contributed by atoms with Crippen LogP contribution in [0.3, 0.4) is 0 Å². The summed E-state index contributed by atoms with van der Waals surface area (Å²) in [5.74, 6) is -0.0407. The number of benzene rings is 1. The summed E-state index contributed by atoms with van der Waals surface area (Å²) in [6, 6.07) is 4.69. The third-order valence-corrected chi connectivity index (χ3v) is 3.32. The smallest absolute Gasteiger partial charge is 0.240 e. The Labute approximate surface area is 117 Å². The fourth-order valence-corrected chi connectivity index (χ4v) is 2.48. The predicted molar refractivity (Wildman–Crippen MR) is 77.8 cm³/mol. The van der Waals surface area contributed by atoms with E-state index in [9.17, 15) is 9.90 Å². The Morgan fingerprint density at radius 2 is 2.00 bits per heavy atom. The van der Waals surface area contributed by atoms with Gasteiger partial charge in [-0.25, -0.2) is 4.98 Å². The summed E-state index contributed by atoms with van der Waals surface area (Å²) in [5.41, 5.74) is 13.2. The normalized spacial score (nSPS) is 14.7. The molecule has 2 unspecified atom stereocenters. The Bertz CT molecular complexity index is 646. The van der Waals surface area contributed by atoms with Crippen LogP contribution in [0.5, 0.6) is 0 Å². The maximum atomic E-state index is 11.8. The van der Waals surface area contributed by atoms with Crippen molar-refractivity contribution in [2.75, 3.05) is 5.73 Å². The van der Waals surface area contributed by atoms with Crippen molar-refractivity contribution < 1.29 is 9.90 Å². The highest BCUT2D eigenvalue weighted by atomic mass is 16.3. The first-order valence-electron chi connectivity index (χ1n) is 6.57. The van der Waals surface area contributed by atoms with E-state index < -0.39 is 18.1 Å². The Morgan fingerprint density at radius 1 is 1.35 bits per heavy atom. The summed E-state index contributed by atoms with van der Waals surface area (Å²) in [6.07, 6.45) is -0.802. The highest BCUT2D eigenvalue weighted by Crippen LogP contribution is 2.29. The number of amides is 1. The van der Waals surface area contributed by atoms with Gasteiger partial charge in [0.1, 0.15) is 18.0 Å². The summed E-state index contributed by atoms with van der Waals surface area (Å²) < 4.78 is 1.71. The lowest BCUT2D eigenvalue weighted by Crippen LogP contribution is -2.32. The van der Waals surface area contributed by atoms with Gasteiger partial charge in [-0.2, -0.15) is 0 Å². The maximum Gasteiger partial charge on any atom is 0.240 e. The molecule has 5 N–H and O–H groups in total. The van der Waals surface area contributed by atoms with Gasteiger partial charge in [0, 0.05) is 5.69 Å². The first-order valence-corrected chi connectivity index (χ1v) is 6.57. The molecule has 108 valence electrons. The molecule has 0 aliphatic rings. The second kappa shape index (κ2) is 5.13. The zero-order valence-electron chi connectivity index (χ0n) is 11.9. The van der Waals surface area contributed by atoms with Crippen LogP contribution in [0.2, 0.25) is 0 Å². The molecular weight excluding hydrogens is 256 g/mol. The molecular formula is C14H20N4O2. The number of aromatic nitrogens is 2. The van der Waals surface area contributed by atoms with Gasteiger partial charge in [-0.05, 0) is 31.0 Å². The first kappa shape index (κ1) is 14.3. The number of hydrogen-bond donors (Lipinski definition) is 3. The average Bonchev–Trinajstić information content (AvgIpc) is 2.67. The number of nitrogens with two attached hydrogens (primary N) is 2. The van der Waals surface area contributed by atoms with Gasteiger partial charge in [-0.3, -0.25) is 4.79 Å². The van der Waals surface area contributed by atoms with Crippen molar-refractivity contribution in [2.24, 2.45) is 11.7 Å². The zero-order chi connectivity index (χ0) is 15.0. The summed E-state index contributed by atoms with van der Waals surface area (Å²) in [7, 11) is 0. The van der Waals surface area contributed by atoms with Crippen LogP contribution in [0.15, 0.2) is 18.2 Å². The molecule has 0 aliphatic heterocycles.